The number of para-hydroxylation sites is 1. The zero-order chi connectivity index (χ0) is 20.1. The third-order valence-electron chi connectivity index (χ3n) is 4.87. The van der Waals surface area contributed by atoms with Crippen molar-refractivity contribution in [1.82, 2.24) is 20.4 Å². The number of hydrogen-bond donors (Lipinski definition) is 2. The second-order valence-corrected chi connectivity index (χ2v) is 7.94. The maximum absolute atomic E-state index is 12.1. The molecular formula is C21H22BrN5O2. The van der Waals surface area contributed by atoms with Gasteiger partial charge >= 0.3 is 6.03 Å². The molecule has 0 bridgehead atoms. The van der Waals surface area contributed by atoms with Gasteiger partial charge in [-0.2, -0.15) is 0 Å². The first-order chi connectivity index (χ1) is 14.2. The van der Waals surface area contributed by atoms with Crippen LogP contribution in [-0.4, -0.2) is 40.3 Å². The van der Waals surface area contributed by atoms with E-state index in [1.165, 1.54) is 0 Å². The van der Waals surface area contributed by atoms with Gasteiger partial charge in [-0.25, -0.2) is 4.79 Å². The van der Waals surface area contributed by atoms with E-state index in [0.29, 0.717) is 18.3 Å². The van der Waals surface area contributed by atoms with E-state index in [4.69, 9.17) is 4.42 Å². The molecule has 1 saturated heterocycles. The summed E-state index contributed by atoms with van der Waals surface area (Å²) in [6.45, 7) is 2.35. The third-order valence-corrected chi connectivity index (χ3v) is 5.40. The predicted molar refractivity (Wildman–Crippen MR) is 114 cm³/mol. The van der Waals surface area contributed by atoms with Crippen LogP contribution in [0.25, 0.3) is 11.5 Å². The van der Waals surface area contributed by atoms with Gasteiger partial charge in [0.1, 0.15) is 0 Å². The average molecular weight is 456 g/mol. The molecule has 7 nitrogen and oxygen atoms in total. The fraction of sp³-hybridized carbons (Fsp3) is 0.286. The molecule has 3 aromatic rings. The van der Waals surface area contributed by atoms with Gasteiger partial charge in [-0.3, -0.25) is 4.90 Å². The molecule has 1 fully saturated rings. The van der Waals surface area contributed by atoms with Crippen molar-refractivity contribution >= 4 is 27.6 Å². The maximum Gasteiger partial charge on any atom is 0.319 e. The second kappa shape index (κ2) is 9.19. The van der Waals surface area contributed by atoms with Gasteiger partial charge in [0.25, 0.3) is 0 Å². The molecule has 2 aromatic carbocycles. The Morgan fingerprint density at radius 2 is 1.79 bits per heavy atom. The van der Waals surface area contributed by atoms with Crippen LogP contribution in [-0.2, 0) is 6.54 Å². The number of halogens is 1. The quantitative estimate of drug-likeness (QED) is 0.599. The number of anilines is 1. The van der Waals surface area contributed by atoms with Crippen LogP contribution < -0.4 is 10.6 Å². The average Bonchev–Trinajstić information content (AvgIpc) is 3.19. The number of rotatable bonds is 5. The highest BCUT2D eigenvalue weighted by atomic mass is 79.9. The van der Waals surface area contributed by atoms with Crippen LogP contribution in [0, 0.1) is 0 Å². The summed E-state index contributed by atoms with van der Waals surface area (Å²) in [7, 11) is 0. The molecule has 2 N–H and O–H groups in total. The monoisotopic (exact) mass is 455 g/mol. The summed E-state index contributed by atoms with van der Waals surface area (Å²) in [6, 6.07) is 17.2. The Labute approximate surface area is 177 Å². The van der Waals surface area contributed by atoms with Crippen LogP contribution in [0.15, 0.2) is 63.5 Å². The van der Waals surface area contributed by atoms with E-state index < -0.39 is 0 Å². The number of likely N-dealkylation sites (tertiary alicyclic amines) is 1. The molecule has 150 valence electrons. The Morgan fingerprint density at radius 1 is 1.07 bits per heavy atom. The normalized spacial score (nSPS) is 15.2. The molecule has 0 saturated carbocycles. The molecule has 29 heavy (non-hydrogen) atoms. The van der Waals surface area contributed by atoms with Gasteiger partial charge in [0.05, 0.1) is 6.54 Å². The fourth-order valence-electron chi connectivity index (χ4n) is 3.33. The van der Waals surface area contributed by atoms with Crippen LogP contribution in [0.4, 0.5) is 10.5 Å². The van der Waals surface area contributed by atoms with Gasteiger partial charge in [0.2, 0.25) is 11.8 Å². The zero-order valence-corrected chi connectivity index (χ0v) is 17.4. The molecule has 8 heteroatoms. The number of aromatic nitrogens is 2. The number of nitrogens with zero attached hydrogens (tertiary/aromatic N) is 3. The number of hydrogen-bond acceptors (Lipinski definition) is 5. The Balaban J connectivity index is 1.24. The Hall–Kier alpha value is -2.71. The first-order valence-corrected chi connectivity index (χ1v) is 10.4. The van der Waals surface area contributed by atoms with Gasteiger partial charge in [-0.1, -0.05) is 34.1 Å². The summed E-state index contributed by atoms with van der Waals surface area (Å²) in [5, 5.41) is 14.2. The highest BCUT2D eigenvalue weighted by Gasteiger charge is 2.22. The van der Waals surface area contributed by atoms with Gasteiger partial charge in [0, 0.05) is 34.9 Å². The molecular weight excluding hydrogens is 434 g/mol. The van der Waals surface area contributed by atoms with Crippen LogP contribution >= 0.6 is 15.9 Å². The van der Waals surface area contributed by atoms with Crippen molar-refractivity contribution in [3.8, 4) is 11.5 Å². The Bertz CT molecular complexity index is 937. The van der Waals surface area contributed by atoms with Gasteiger partial charge in [-0.05, 0) is 49.2 Å². The van der Waals surface area contributed by atoms with E-state index in [2.05, 4.69) is 41.7 Å². The minimum absolute atomic E-state index is 0.161. The molecule has 0 radical (unpaired) electrons. The molecule has 1 aromatic heterocycles. The highest BCUT2D eigenvalue weighted by molar-refractivity contribution is 9.10. The number of carbonyl (C=O) groups is 1. The van der Waals surface area contributed by atoms with Crippen molar-refractivity contribution in [2.24, 2.45) is 0 Å². The molecule has 0 unspecified atom stereocenters. The van der Waals surface area contributed by atoms with Crippen molar-refractivity contribution in [3.63, 3.8) is 0 Å². The lowest BCUT2D eigenvalue weighted by Gasteiger charge is -2.31. The largest absolute Gasteiger partial charge is 0.419 e. The predicted octanol–water partition coefficient (Wildman–Crippen LogP) is 4.29. The molecule has 0 atom stereocenters. The van der Waals surface area contributed by atoms with Crippen LogP contribution in [0.2, 0.25) is 0 Å². The van der Waals surface area contributed by atoms with Gasteiger partial charge in [0.15, 0.2) is 0 Å². The molecule has 2 heterocycles. The van der Waals surface area contributed by atoms with Gasteiger partial charge in [-0.15, -0.1) is 10.2 Å². The number of urea groups is 1. The second-order valence-electron chi connectivity index (χ2n) is 7.02. The van der Waals surface area contributed by atoms with Crippen LogP contribution in [0.3, 0.4) is 0 Å². The van der Waals surface area contributed by atoms with Crippen molar-refractivity contribution < 1.29 is 9.21 Å². The lowest BCUT2D eigenvalue weighted by atomic mass is 10.1. The van der Waals surface area contributed by atoms with E-state index in [0.717, 1.165) is 41.7 Å². The number of carbonyl (C=O) groups excluding carboxylic acids is 1. The molecule has 0 spiro atoms. The molecule has 4 rings (SSSR count). The van der Waals surface area contributed by atoms with E-state index >= 15 is 0 Å². The minimum Gasteiger partial charge on any atom is -0.419 e. The number of amides is 2. The molecule has 1 aliphatic heterocycles. The standard InChI is InChI=1S/C21H22BrN5O2/c22-16-8-6-15(7-9-16)20-26-25-19(29-20)14-27-12-10-18(11-13-27)24-21(28)23-17-4-2-1-3-5-17/h1-9,18H,10-14H2,(H2,23,24,28). The van der Waals surface area contributed by atoms with E-state index in [9.17, 15) is 4.79 Å². The topological polar surface area (TPSA) is 83.3 Å². The Kier molecular flexibility index (Phi) is 6.21. The van der Waals surface area contributed by atoms with Crippen LogP contribution in [0.1, 0.15) is 18.7 Å². The summed E-state index contributed by atoms with van der Waals surface area (Å²) < 4.78 is 6.82. The van der Waals surface area contributed by atoms with E-state index in [-0.39, 0.29) is 12.1 Å². The highest BCUT2D eigenvalue weighted by Crippen LogP contribution is 2.21. The van der Waals surface area contributed by atoms with Crippen molar-refractivity contribution in [2.75, 3.05) is 18.4 Å². The zero-order valence-electron chi connectivity index (χ0n) is 15.8. The lowest BCUT2D eigenvalue weighted by molar-refractivity contribution is 0.177. The maximum atomic E-state index is 12.1. The summed E-state index contributed by atoms with van der Waals surface area (Å²) in [4.78, 5) is 14.4. The number of benzene rings is 2. The number of piperidine rings is 1. The summed E-state index contributed by atoms with van der Waals surface area (Å²) >= 11 is 3.42. The third kappa shape index (κ3) is 5.42. The Morgan fingerprint density at radius 3 is 2.52 bits per heavy atom. The smallest absolute Gasteiger partial charge is 0.319 e. The lowest BCUT2D eigenvalue weighted by Crippen LogP contribution is -2.45. The van der Waals surface area contributed by atoms with Crippen LogP contribution in [0.5, 0.6) is 0 Å². The summed E-state index contributed by atoms with van der Waals surface area (Å²) in [5.41, 5.74) is 1.69. The number of nitrogens with one attached hydrogen (secondary N) is 2. The first-order valence-electron chi connectivity index (χ1n) is 9.59. The molecule has 1 aliphatic rings. The van der Waals surface area contributed by atoms with Gasteiger partial charge < -0.3 is 15.1 Å². The molecule has 0 aliphatic carbocycles. The summed E-state index contributed by atoms with van der Waals surface area (Å²) in [5.74, 6) is 1.14. The van der Waals surface area contributed by atoms with E-state index in [1.807, 2.05) is 54.6 Å². The van der Waals surface area contributed by atoms with Crippen molar-refractivity contribution in [3.05, 3.63) is 65.0 Å². The first kappa shape index (κ1) is 19.6. The minimum atomic E-state index is -0.161. The van der Waals surface area contributed by atoms with Crippen molar-refractivity contribution in [1.29, 1.82) is 0 Å². The summed E-state index contributed by atoms with van der Waals surface area (Å²) in [6.07, 6.45) is 1.77. The van der Waals surface area contributed by atoms with E-state index in [1.54, 1.807) is 0 Å². The fourth-order valence-corrected chi connectivity index (χ4v) is 3.59. The SMILES string of the molecule is O=C(Nc1ccccc1)NC1CCN(Cc2nnc(-c3ccc(Br)cc3)o2)CC1. The van der Waals surface area contributed by atoms with Crippen molar-refractivity contribution in [2.45, 2.75) is 25.4 Å². The molecule has 2 amide bonds.